The quantitative estimate of drug-likeness (QED) is 0.910. The third kappa shape index (κ3) is 4.64. The number of nitrogens with one attached hydrogen (secondary N) is 1. The monoisotopic (exact) mass is 344 g/mol. The molecule has 2 aliphatic rings. The highest BCUT2D eigenvalue weighted by atomic mass is 35.5. The molecule has 0 aliphatic carbocycles. The van der Waals surface area contributed by atoms with Crippen LogP contribution >= 0.6 is 12.4 Å². The maximum Gasteiger partial charge on any atom is 0.222 e. The summed E-state index contributed by atoms with van der Waals surface area (Å²) < 4.78 is 26.0. The number of carbonyl (C=O) groups is 1. The number of rotatable bonds is 4. The van der Waals surface area contributed by atoms with E-state index in [-0.39, 0.29) is 18.3 Å². The smallest absolute Gasteiger partial charge is 0.222 e. The lowest BCUT2D eigenvalue weighted by Crippen LogP contribution is -2.38. The average Bonchev–Trinajstić information content (AvgIpc) is 2.82. The zero-order valence-electron chi connectivity index (χ0n) is 13.1. The summed E-state index contributed by atoms with van der Waals surface area (Å²) in [7, 11) is 0. The Bertz CT molecular complexity index is 555. The predicted molar refractivity (Wildman–Crippen MR) is 87.7 cm³/mol. The molecule has 0 saturated carbocycles. The highest BCUT2D eigenvalue weighted by molar-refractivity contribution is 5.85. The van der Waals surface area contributed by atoms with Crippen LogP contribution in [0.5, 0.6) is 0 Å². The molecule has 2 unspecified atom stereocenters. The maximum absolute atomic E-state index is 13.1. The van der Waals surface area contributed by atoms with Crippen LogP contribution in [0.3, 0.4) is 0 Å². The first kappa shape index (κ1) is 18.1. The van der Waals surface area contributed by atoms with Crippen molar-refractivity contribution in [3.8, 4) is 0 Å². The summed E-state index contributed by atoms with van der Waals surface area (Å²) in [5.74, 6) is -1.47. The minimum atomic E-state index is -0.827. The van der Waals surface area contributed by atoms with Crippen LogP contribution in [0.1, 0.15) is 37.7 Å². The predicted octanol–water partition coefficient (Wildman–Crippen LogP) is 3.06. The fraction of sp³-hybridized carbons (Fsp3) is 0.588. The van der Waals surface area contributed by atoms with Gasteiger partial charge in [0, 0.05) is 31.6 Å². The van der Waals surface area contributed by atoms with Crippen LogP contribution in [0.15, 0.2) is 18.2 Å². The van der Waals surface area contributed by atoms with Gasteiger partial charge in [0.1, 0.15) is 0 Å². The van der Waals surface area contributed by atoms with E-state index in [0.29, 0.717) is 31.3 Å². The molecular formula is C17H23ClF2N2O. The molecule has 3 rings (SSSR count). The molecule has 2 fully saturated rings. The van der Waals surface area contributed by atoms with Gasteiger partial charge in [0.05, 0.1) is 0 Å². The summed E-state index contributed by atoms with van der Waals surface area (Å²) >= 11 is 0. The number of amides is 1. The van der Waals surface area contributed by atoms with Gasteiger partial charge in [-0.2, -0.15) is 0 Å². The topological polar surface area (TPSA) is 32.3 Å². The van der Waals surface area contributed by atoms with Crippen molar-refractivity contribution in [2.75, 3.05) is 13.1 Å². The Balaban J connectivity index is 0.00000192. The van der Waals surface area contributed by atoms with Gasteiger partial charge in [-0.1, -0.05) is 6.07 Å². The molecule has 0 spiro atoms. The van der Waals surface area contributed by atoms with Gasteiger partial charge in [0.15, 0.2) is 11.6 Å². The van der Waals surface area contributed by atoms with Crippen molar-refractivity contribution in [1.82, 2.24) is 10.2 Å². The second kappa shape index (κ2) is 8.06. The average molecular weight is 345 g/mol. The van der Waals surface area contributed by atoms with Crippen molar-refractivity contribution in [2.24, 2.45) is 0 Å². The molecule has 2 heterocycles. The highest BCUT2D eigenvalue weighted by Crippen LogP contribution is 2.21. The lowest BCUT2D eigenvalue weighted by molar-refractivity contribution is -0.131. The number of nitrogens with zero attached hydrogens (tertiary/aromatic N) is 1. The number of aryl methyl sites for hydroxylation is 1. The van der Waals surface area contributed by atoms with Gasteiger partial charge in [0.2, 0.25) is 5.91 Å². The van der Waals surface area contributed by atoms with E-state index in [1.807, 2.05) is 4.90 Å². The molecular weight excluding hydrogens is 322 g/mol. The summed E-state index contributed by atoms with van der Waals surface area (Å²) in [6.07, 6.45) is 5.15. The number of hydrogen-bond acceptors (Lipinski definition) is 2. The van der Waals surface area contributed by atoms with E-state index in [0.717, 1.165) is 37.6 Å². The summed E-state index contributed by atoms with van der Waals surface area (Å²) in [6.45, 7) is 1.64. The van der Waals surface area contributed by atoms with Gasteiger partial charge in [-0.3, -0.25) is 4.79 Å². The summed E-state index contributed by atoms with van der Waals surface area (Å²) in [6, 6.07) is 4.96. The molecule has 128 valence electrons. The van der Waals surface area contributed by atoms with Crippen LogP contribution in [0, 0.1) is 11.6 Å². The second-order valence-corrected chi connectivity index (χ2v) is 6.37. The van der Waals surface area contributed by atoms with Gasteiger partial charge in [-0.25, -0.2) is 8.78 Å². The fourth-order valence-corrected chi connectivity index (χ4v) is 3.47. The number of benzene rings is 1. The van der Waals surface area contributed by atoms with E-state index in [1.165, 1.54) is 12.5 Å². The van der Waals surface area contributed by atoms with Crippen molar-refractivity contribution in [2.45, 2.75) is 50.6 Å². The molecule has 6 heteroatoms. The molecule has 2 bridgehead atoms. The Labute approximate surface area is 141 Å². The molecule has 23 heavy (non-hydrogen) atoms. The lowest BCUT2D eigenvalue weighted by atomic mass is 10.1. The molecule has 1 amide bonds. The molecule has 1 aromatic rings. The maximum atomic E-state index is 13.1. The number of fused-ring (bicyclic) bond motifs is 2. The Morgan fingerprint density at radius 3 is 2.74 bits per heavy atom. The summed E-state index contributed by atoms with van der Waals surface area (Å²) in [5, 5.41) is 3.56. The Morgan fingerprint density at radius 2 is 1.96 bits per heavy atom. The molecule has 1 aromatic carbocycles. The zero-order valence-corrected chi connectivity index (χ0v) is 13.9. The summed E-state index contributed by atoms with van der Waals surface area (Å²) in [4.78, 5) is 14.3. The van der Waals surface area contributed by atoms with E-state index < -0.39 is 11.6 Å². The zero-order chi connectivity index (χ0) is 15.5. The first-order valence-corrected chi connectivity index (χ1v) is 8.09. The standard InChI is InChI=1S/C17H22F2N2O.ClH/c18-15-7-4-12(10-16(15)19)2-1-3-17(22)21-9-8-13-5-6-14(11-21)20-13;/h4,7,10,13-14,20H,1-3,5-6,8-9,11H2;1H. The van der Waals surface area contributed by atoms with Crippen molar-refractivity contribution >= 4 is 18.3 Å². The molecule has 2 saturated heterocycles. The SMILES string of the molecule is Cl.O=C(CCCc1ccc(F)c(F)c1)N1CCC2CCC(C1)N2. The van der Waals surface area contributed by atoms with Gasteiger partial charge < -0.3 is 10.2 Å². The van der Waals surface area contributed by atoms with E-state index in [1.54, 1.807) is 6.07 Å². The van der Waals surface area contributed by atoms with Crippen LogP contribution in [0.2, 0.25) is 0 Å². The Morgan fingerprint density at radius 1 is 1.17 bits per heavy atom. The summed E-state index contributed by atoms with van der Waals surface area (Å²) in [5.41, 5.74) is 0.739. The minimum Gasteiger partial charge on any atom is -0.341 e. The van der Waals surface area contributed by atoms with Crippen molar-refractivity contribution in [1.29, 1.82) is 0 Å². The number of hydrogen-bond donors (Lipinski definition) is 1. The fourth-order valence-electron chi connectivity index (χ4n) is 3.47. The second-order valence-electron chi connectivity index (χ2n) is 6.37. The normalized spacial score (nSPS) is 23.3. The molecule has 1 N–H and O–H groups in total. The van der Waals surface area contributed by atoms with E-state index in [2.05, 4.69) is 5.32 Å². The largest absolute Gasteiger partial charge is 0.341 e. The van der Waals surface area contributed by atoms with E-state index >= 15 is 0 Å². The van der Waals surface area contributed by atoms with Gasteiger partial charge >= 0.3 is 0 Å². The molecule has 2 atom stereocenters. The first-order chi connectivity index (χ1) is 10.6. The van der Waals surface area contributed by atoms with Crippen LogP contribution in [0.25, 0.3) is 0 Å². The van der Waals surface area contributed by atoms with E-state index in [9.17, 15) is 13.6 Å². The van der Waals surface area contributed by atoms with Crippen molar-refractivity contribution < 1.29 is 13.6 Å². The third-order valence-electron chi connectivity index (χ3n) is 4.72. The van der Waals surface area contributed by atoms with Crippen molar-refractivity contribution in [3.05, 3.63) is 35.4 Å². The van der Waals surface area contributed by atoms with Crippen LogP contribution in [0.4, 0.5) is 8.78 Å². The molecule has 3 nitrogen and oxygen atoms in total. The van der Waals surface area contributed by atoms with Crippen LogP contribution < -0.4 is 5.32 Å². The Hall–Kier alpha value is -1.20. The lowest BCUT2D eigenvalue weighted by Gasteiger charge is -2.24. The van der Waals surface area contributed by atoms with Crippen LogP contribution in [-0.2, 0) is 11.2 Å². The molecule has 2 aliphatic heterocycles. The Kier molecular flexibility index (Phi) is 6.36. The molecule has 0 aromatic heterocycles. The number of halogens is 3. The number of likely N-dealkylation sites (tertiary alicyclic amines) is 1. The minimum absolute atomic E-state index is 0. The van der Waals surface area contributed by atoms with Crippen LogP contribution in [-0.4, -0.2) is 36.0 Å². The van der Waals surface area contributed by atoms with Gasteiger partial charge in [0.25, 0.3) is 0 Å². The highest BCUT2D eigenvalue weighted by Gasteiger charge is 2.30. The molecule has 0 radical (unpaired) electrons. The number of carbonyl (C=O) groups excluding carboxylic acids is 1. The van der Waals surface area contributed by atoms with Gasteiger partial charge in [-0.15, -0.1) is 12.4 Å². The third-order valence-corrected chi connectivity index (χ3v) is 4.72. The van der Waals surface area contributed by atoms with Gasteiger partial charge in [-0.05, 0) is 49.8 Å². The van der Waals surface area contributed by atoms with E-state index in [4.69, 9.17) is 0 Å². The first-order valence-electron chi connectivity index (χ1n) is 8.09. The van der Waals surface area contributed by atoms with Crippen molar-refractivity contribution in [3.63, 3.8) is 0 Å².